The maximum atomic E-state index is 13.1. The largest absolute Gasteiger partial charge is 0.376 e. The Kier molecular flexibility index (Phi) is 7.40. The number of hydrogen-bond donors (Lipinski definition) is 2. The Bertz CT molecular complexity index is 743. The molecule has 0 radical (unpaired) electrons. The van der Waals surface area contributed by atoms with Crippen LogP contribution in [0.1, 0.15) is 70.2 Å². The van der Waals surface area contributed by atoms with E-state index in [1.807, 2.05) is 39.0 Å². The fraction of sp³-hybridized carbons (Fsp3) is 0.667. The minimum atomic E-state index is -0.106. The Morgan fingerprint density at radius 2 is 1.90 bits per heavy atom. The number of ether oxygens (including phenoxy) is 1. The molecule has 2 aliphatic rings. The number of nitrogens with one attached hydrogen (secondary N) is 2. The van der Waals surface area contributed by atoms with Gasteiger partial charge < -0.3 is 20.3 Å². The second kappa shape index (κ2) is 9.82. The summed E-state index contributed by atoms with van der Waals surface area (Å²) in [4.78, 5) is 27.8. The minimum absolute atomic E-state index is 0.0345. The predicted octanol–water partition coefficient (Wildman–Crippen LogP) is 4.21. The van der Waals surface area contributed by atoms with Crippen LogP contribution in [0.5, 0.6) is 0 Å². The Hall–Kier alpha value is -2.08. The predicted molar refractivity (Wildman–Crippen MR) is 121 cm³/mol. The molecule has 1 aromatic carbocycles. The van der Waals surface area contributed by atoms with Crippen molar-refractivity contribution in [3.05, 3.63) is 23.8 Å². The summed E-state index contributed by atoms with van der Waals surface area (Å²) in [6.07, 6.45) is 4.82. The van der Waals surface area contributed by atoms with Gasteiger partial charge in [0.15, 0.2) is 0 Å². The highest BCUT2D eigenvalue weighted by atomic mass is 16.5. The molecule has 6 nitrogen and oxygen atoms in total. The summed E-state index contributed by atoms with van der Waals surface area (Å²) in [6.45, 7) is 11.6. The molecule has 2 amide bonds. The van der Waals surface area contributed by atoms with Crippen LogP contribution in [0.2, 0.25) is 0 Å². The van der Waals surface area contributed by atoms with Gasteiger partial charge in [-0.1, -0.05) is 27.7 Å². The van der Waals surface area contributed by atoms with Gasteiger partial charge >= 0.3 is 0 Å². The summed E-state index contributed by atoms with van der Waals surface area (Å²) in [6, 6.07) is 5.70. The first-order chi connectivity index (χ1) is 14.2. The third-order valence-electron chi connectivity index (χ3n) is 5.85. The van der Waals surface area contributed by atoms with E-state index in [0.29, 0.717) is 30.1 Å². The lowest BCUT2D eigenvalue weighted by atomic mass is 9.92. The molecular weight excluding hydrogens is 378 g/mol. The Morgan fingerprint density at radius 3 is 2.53 bits per heavy atom. The van der Waals surface area contributed by atoms with Crippen LogP contribution < -0.4 is 15.5 Å². The molecule has 0 aliphatic carbocycles. The first-order valence-electron chi connectivity index (χ1n) is 11.3. The summed E-state index contributed by atoms with van der Waals surface area (Å²) < 4.78 is 5.64. The third-order valence-corrected chi connectivity index (χ3v) is 5.85. The van der Waals surface area contributed by atoms with Crippen LogP contribution in [0.4, 0.5) is 11.4 Å². The van der Waals surface area contributed by atoms with E-state index in [1.54, 1.807) is 0 Å². The molecule has 0 saturated carbocycles. The number of amides is 2. The molecule has 2 heterocycles. The molecule has 166 valence electrons. The molecule has 1 aromatic rings. The van der Waals surface area contributed by atoms with Crippen molar-refractivity contribution in [1.29, 1.82) is 0 Å². The molecule has 0 unspecified atom stereocenters. The lowest BCUT2D eigenvalue weighted by molar-refractivity contribution is -0.117. The number of carbonyl (C=O) groups excluding carboxylic acids is 2. The highest BCUT2D eigenvalue weighted by Gasteiger charge is 2.24. The van der Waals surface area contributed by atoms with E-state index < -0.39 is 0 Å². The first kappa shape index (κ1) is 22.6. The van der Waals surface area contributed by atoms with E-state index in [0.717, 1.165) is 51.1 Å². The van der Waals surface area contributed by atoms with Crippen molar-refractivity contribution in [1.82, 2.24) is 5.32 Å². The van der Waals surface area contributed by atoms with Gasteiger partial charge in [-0.3, -0.25) is 9.59 Å². The maximum Gasteiger partial charge on any atom is 0.253 e. The zero-order valence-corrected chi connectivity index (χ0v) is 18.9. The van der Waals surface area contributed by atoms with Crippen molar-refractivity contribution in [2.45, 2.75) is 65.9 Å². The van der Waals surface area contributed by atoms with Gasteiger partial charge in [0, 0.05) is 44.0 Å². The van der Waals surface area contributed by atoms with Crippen LogP contribution in [0.15, 0.2) is 18.2 Å². The van der Waals surface area contributed by atoms with Crippen LogP contribution in [-0.2, 0) is 9.53 Å². The minimum Gasteiger partial charge on any atom is -0.376 e. The van der Waals surface area contributed by atoms with Crippen LogP contribution in [0, 0.1) is 11.3 Å². The number of nitrogens with zero attached hydrogens (tertiary/aromatic N) is 1. The summed E-state index contributed by atoms with van der Waals surface area (Å²) in [5, 5.41) is 6.01. The molecular formula is C24H37N3O3. The van der Waals surface area contributed by atoms with E-state index in [4.69, 9.17) is 4.74 Å². The average molecular weight is 416 g/mol. The van der Waals surface area contributed by atoms with Gasteiger partial charge in [0.25, 0.3) is 5.91 Å². The topological polar surface area (TPSA) is 70.7 Å². The fourth-order valence-corrected chi connectivity index (χ4v) is 4.11. The molecule has 6 heteroatoms. The van der Waals surface area contributed by atoms with Crippen LogP contribution in [0.3, 0.4) is 0 Å². The standard InChI is InChI=1S/C24H37N3O3/c1-17-9-11-27(12-10-17)21-8-7-18(26-22(28)15-24(2,3)4)14-20(21)23(29)25-16-19-6-5-13-30-19/h7-8,14,17,19H,5-6,9-13,15-16H2,1-4H3,(H,25,29)(H,26,28)/t19-/m1/s1. The lowest BCUT2D eigenvalue weighted by Gasteiger charge is -2.33. The lowest BCUT2D eigenvalue weighted by Crippen LogP contribution is -2.36. The highest BCUT2D eigenvalue weighted by Crippen LogP contribution is 2.29. The number of anilines is 2. The number of hydrogen-bond acceptors (Lipinski definition) is 4. The van der Waals surface area contributed by atoms with Crippen molar-refractivity contribution < 1.29 is 14.3 Å². The van der Waals surface area contributed by atoms with E-state index in [-0.39, 0.29) is 23.3 Å². The van der Waals surface area contributed by atoms with Crippen molar-refractivity contribution in [3.8, 4) is 0 Å². The fourth-order valence-electron chi connectivity index (χ4n) is 4.11. The van der Waals surface area contributed by atoms with Gasteiger partial charge in [-0.25, -0.2) is 0 Å². The monoisotopic (exact) mass is 415 g/mol. The van der Waals surface area contributed by atoms with Gasteiger partial charge in [0.2, 0.25) is 5.91 Å². The Morgan fingerprint density at radius 1 is 1.17 bits per heavy atom. The van der Waals surface area contributed by atoms with Gasteiger partial charge in [0.1, 0.15) is 0 Å². The van der Waals surface area contributed by atoms with Gasteiger partial charge in [-0.15, -0.1) is 0 Å². The van der Waals surface area contributed by atoms with Crippen molar-refractivity contribution in [2.24, 2.45) is 11.3 Å². The number of piperidine rings is 1. The van der Waals surface area contributed by atoms with Gasteiger partial charge in [-0.2, -0.15) is 0 Å². The molecule has 0 bridgehead atoms. The SMILES string of the molecule is CC1CCN(c2ccc(NC(=O)CC(C)(C)C)cc2C(=O)NC[C@H]2CCCO2)CC1. The van der Waals surface area contributed by atoms with Gasteiger partial charge in [0.05, 0.1) is 11.7 Å². The van der Waals surface area contributed by atoms with Crippen molar-refractivity contribution >= 4 is 23.2 Å². The summed E-state index contributed by atoms with van der Waals surface area (Å²) >= 11 is 0. The molecule has 0 aromatic heterocycles. The molecule has 2 N–H and O–H groups in total. The van der Waals surface area contributed by atoms with Crippen LogP contribution >= 0.6 is 0 Å². The maximum absolute atomic E-state index is 13.1. The molecule has 30 heavy (non-hydrogen) atoms. The van der Waals surface area contributed by atoms with Gasteiger partial charge in [-0.05, 0) is 55.2 Å². The number of carbonyl (C=O) groups is 2. The number of rotatable bonds is 6. The van der Waals surface area contributed by atoms with E-state index >= 15 is 0 Å². The zero-order valence-electron chi connectivity index (χ0n) is 18.9. The molecule has 0 spiro atoms. The van der Waals surface area contributed by atoms with E-state index in [9.17, 15) is 9.59 Å². The van der Waals surface area contributed by atoms with Crippen molar-refractivity contribution in [3.63, 3.8) is 0 Å². The second-order valence-corrected chi connectivity index (χ2v) is 10.0. The quantitative estimate of drug-likeness (QED) is 0.730. The summed E-state index contributed by atoms with van der Waals surface area (Å²) in [7, 11) is 0. The summed E-state index contributed by atoms with van der Waals surface area (Å²) in [5.74, 6) is 0.577. The molecule has 1 atom stereocenters. The third kappa shape index (κ3) is 6.46. The molecule has 2 fully saturated rings. The van der Waals surface area contributed by atoms with Crippen molar-refractivity contribution in [2.75, 3.05) is 36.5 Å². The summed E-state index contributed by atoms with van der Waals surface area (Å²) in [5.41, 5.74) is 2.15. The highest BCUT2D eigenvalue weighted by molar-refractivity contribution is 6.02. The first-order valence-corrected chi connectivity index (χ1v) is 11.3. The van der Waals surface area contributed by atoms with E-state index in [2.05, 4.69) is 22.5 Å². The van der Waals surface area contributed by atoms with E-state index in [1.165, 1.54) is 0 Å². The van der Waals surface area contributed by atoms with Crippen LogP contribution in [-0.4, -0.2) is 44.2 Å². The Balaban J connectivity index is 1.77. The number of benzene rings is 1. The molecule has 2 saturated heterocycles. The zero-order chi connectivity index (χ0) is 21.7. The molecule has 2 aliphatic heterocycles. The Labute approximate surface area is 180 Å². The second-order valence-electron chi connectivity index (χ2n) is 10.0. The average Bonchev–Trinajstić information content (AvgIpc) is 3.19. The molecule has 3 rings (SSSR count). The van der Waals surface area contributed by atoms with Crippen LogP contribution in [0.25, 0.3) is 0 Å². The normalized spacial score (nSPS) is 20.3. The smallest absolute Gasteiger partial charge is 0.253 e.